The number of amides is 2. The summed E-state index contributed by atoms with van der Waals surface area (Å²) >= 11 is 1.29. The first-order valence-electron chi connectivity index (χ1n) is 8.74. The Kier molecular flexibility index (Phi) is 6.85. The summed E-state index contributed by atoms with van der Waals surface area (Å²) < 4.78 is 7.09. The monoisotopic (exact) mass is 399 g/mol. The highest BCUT2D eigenvalue weighted by atomic mass is 32.2. The van der Waals surface area contributed by atoms with E-state index in [1.165, 1.54) is 11.8 Å². The lowest BCUT2D eigenvalue weighted by molar-refractivity contribution is -0.124. The lowest BCUT2D eigenvalue weighted by Crippen LogP contribution is -2.37. The van der Waals surface area contributed by atoms with E-state index in [1.54, 1.807) is 18.4 Å². The third-order valence-electron chi connectivity index (χ3n) is 3.90. The molecule has 0 radical (unpaired) electrons. The number of furan rings is 1. The molecule has 0 fully saturated rings. The SMILES string of the molecule is Cc1nnc(SCC(=O)NCC(=O)NCc2ccco2)n1Cc1ccccc1. The summed E-state index contributed by atoms with van der Waals surface area (Å²) in [5.74, 6) is 1.06. The van der Waals surface area contributed by atoms with Gasteiger partial charge >= 0.3 is 0 Å². The number of aryl methyl sites for hydroxylation is 1. The fourth-order valence-corrected chi connectivity index (χ4v) is 3.25. The molecule has 2 N–H and O–H groups in total. The van der Waals surface area contributed by atoms with Crippen LogP contribution in [0.5, 0.6) is 0 Å². The summed E-state index contributed by atoms with van der Waals surface area (Å²) in [4.78, 5) is 23.8. The largest absolute Gasteiger partial charge is 0.467 e. The number of hydrogen-bond acceptors (Lipinski definition) is 6. The lowest BCUT2D eigenvalue weighted by Gasteiger charge is -2.09. The maximum Gasteiger partial charge on any atom is 0.239 e. The van der Waals surface area contributed by atoms with Crippen LogP contribution in [0.15, 0.2) is 58.3 Å². The number of aromatic nitrogens is 3. The minimum absolute atomic E-state index is 0.0875. The van der Waals surface area contributed by atoms with Crippen LogP contribution in [0.25, 0.3) is 0 Å². The number of carbonyl (C=O) groups excluding carboxylic acids is 2. The number of nitrogens with zero attached hydrogens (tertiary/aromatic N) is 3. The fraction of sp³-hybridized carbons (Fsp3) is 0.263. The Hall–Kier alpha value is -3.07. The molecule has 0 spiro atoms. The number of nitrogens with one attached hydrogen (secondary N) is 2. The average molecular weight is 399 g/mol. The van der Waals surface area contributed by atoms with Gasteiger partial charge in [-0.2, -0.15) is 0 Å². The summed E-state index contributed by atoms with van der Waals surface area (Å²) in [5, 5.41) is 14.2. The molecule has 0 bridgehead atoms. The Labute approximate surface area is 166 Å². The molecule has 2 aromatic heterocycles. The first-order valence-corrected chi connectivity index (χ1v) is 9.72. The molecule has 2 amide bonds. The minimum Gasteiger partial charge on any atom is -0.467 e. The van der Waals surface area contributed by atoms with Gasteiger partial charge in [0.05, 0.1) is 31.7 Å². The van der Waals surface area contributed by atoms with Crippen molar-refractivity contribution in [3.05, 3.63) is 65.9 Å². The molecule has 0 atom stereocenters. The summed E-state index contributed by atoms with van der Waals surface area (Å²) in [7, 11) is 0. The van der Waals surface area contributed by atoms with Crippen LogP contribution in [0.1, 0.15) is 17.1 Å². The summed E-state index contributed by atoms with van der Waals surface area (Å²) in [6, 6.07) is 13.5. The molecule has 3 aromatic rings. The van der Waals surface area contributed by atoms with Gasteiger partial charge in [-0.1, -0.05) is 42.1 Å². The number of rotatable bonds is 9. The van der Waals surface area contributed by atoms with E-state index in [4.69, 9.17) is 4.42 Å². The quantitative estimate of drug-likeness (QED) is 0.532. The number of benzene rings is 1. The van der Waals surface area contributed by atoms with Crippen LogP contribution < -0.4 is 10.6 Å². The topological polar surface area (TPSA) is 102 Å². The van der Waals surface area contributed by atoms with Gasteiger partial charge in [0.15, 0.2) is 5.16 Å². The molecule has 1 aromatic carbocycles. The van der Waals surface area contributed by atoms with E-state index in [-0.39, 0.29) is 24.1 Å². The van der Waals surface area contributed by atoms with Gasteiger partial charge in [0, 0.05) is 0 Å². The Balaban J connectivity index is 1.44. The van der Waals surface area contributed by atoms with Gasteiger partial charge in [-0.3, -0.25) is 9.59 Å². The molecule has 0 saturated heterocycles. The zero-order valence-corrected chi connectivity index (χ0v) is 16.2. The number of thioether (sulfide) groups is 1. The molecule has 0 aliphatic heterocycles. The maximum absolute atomic E-state index is 12.0. The minimum atomic E-state index is -0.280. The van der Waals surface area contributed by atoms with Crippen molar-refractivity contribution in [2.45, 2.75) is 25.2 Å². The standard InChI is InChI=1S/C19H21N5O3S/c1-14-22-23-19(24(14)12-15-6-3-2-4-7-15)28-13-18(26)21-11-17(25)20-10-16-8-5-9-27-16/h2-9H,10-13H2,1H3,(H,20,25)(H,21,26). The Morgan fingerprint density at radius 2 is 1.89 bits per heavy atom. The second-order valence-corrected chi connectivity index (χ2v) is 6.97. The third-order valence-corrected chi connectivity index (χ3v) is 4.87. The molecule has 0 saturated carbocycles. The van der Waals surface area contributed by atoms with Crippen LogP contribution in [-0.4, -0.2) is 38.9 Å². The van der Waals surface area contributed by atoms with Crippen molar-refractivity contribution in [2.24, 2.45) is 0 Å². The van der Waals surface area contributed by atoms with Crippen molar-refractivity contribution < 1.29 is 14.0 Å². The van der Waals surface area contributed by atoms with Crippen LogP contribution >= 0.6 is 11.8 Å². The van der Waals surface area contributed by atoms with Crippen LogP contribution in [-0.2, 0) is 22.7 Å². The predicted molar refractivity (Wildman–Crippen MR) is 105 cm³/mol. The molecule has 2 heterocycles. The molecule has 146 valence electrons. The molecule has 8 nitrogen and oxygen atoms in total. The van der Waals surface area contributed by atoms with Crippen molar-refractivity contribution in [1.82, 2.24) is 25.4 Å². The highest BCUT2D eigenvalue weighted by Crippen LogP contribution is 2.18. The van der Waals surface area contributed by atoms with Gasteiger partial charge < -0.3 is 19.6 Å². The molecular weight excluding hydrogens is 378 g/mol. The van der Waals surface area contributed by atoms with Crippen molar-refractivity contribution >= 4 is 23.6 Å². The van der Waals surface area contributed by atoms with E-state index >= 15 is 0 Å². The zero-order chi connectivity index (χ0) is 19.8. The van der Waals surface area contributed by atoms with E-state index in [0.29, 0.717) is 24.0 Å². The number of hydrogen-bond donors (Lipinski definition) is 2. The first kappa shape index (κ1) is 19.7. The van der Waals surface area contributed by atoms with E-state index in [2.05, 4.69) is 20.8 Å². The van der Waals surface area contributed by atoms with Crippen molar-refractivity contribution in [1.29, 1.82) is 0 Å². The van der Waals surface area contributed by atoms with Gasteiger partial charge in [0.2, 0.25) is 11.8 Å². The van der Waals surface area contributed by atoms with Crippen molar-refractivity contribution in [3.8, 4) is 0 Å². The molecule has 0 aliphatic rings. The summed E-state index contributed by atoms with van der Waals surface area (Å²) in [5.41, 5.74) is 1.13. The average Bonchev–Trinajstić information content (AvgIpc) is 3.35. The smallest absolute Gasteiger partial charge is 0.239 e. The Morgan fingerprint density at radius 1 is 1.07 bits per heavy atom. The summed E-state index contributed by atoms with van der Waals surface area (Å²) in [6.07, 6.45) is 1.54. The highest BCUT2D eigenvalue weighted by Gasteiger charge is 2.13. The molecule has 3 rings (SSSR count). The van der Waals surface area contributed by atoms with Crippen molar-refractivity contribution in [2.75, 3.05) is 12.3 Å². The predicted octanol–water partition coefficient (Wildman–Crippen LogP) is 1.75. The second kappa shape index (κ2) is 9.75. The van der Waals surface area contributed by atoms with Crippen LogP contribution in [0.2, 0.25) is 0 Å². The van der Waals surface area contributed by atoms with Crippen molar-refractivity contribution in [3.63, 3.8) is 0 Å². The van der Waals surface area contributed by atoms with Gasteiger partial charge in [-0.25, -0.2) is 0 Å². The normalized spacial score (nSPS) is 10.6. The van der Waals surface area contributed by atoms with E-state index in [9.17, 15) is 9.59 Å². The second-order valence-electron chi connectivity index (χ2n) is 6.02. The Bertz CT molecular complexity index is 909. The first-order chi connectivity index (χ1) is 13.6. The fourth-order valence-electron chi connectivity index (χ4n) is 2.44. The van der Waals surface area contributed by atoms with Gasteiger partial charge in [0.25, 0.3) is 0 Å². The van der Waals surface area contributed by atoms with Crippen LogP contribution in [0, 0.1) is 6.92 Å². The van der Waals surface area contributed by atoms with E-state index < -0.39 is 0 Å². The highest BCUT2D eigenvalue weighted by molar-refractivity contribution is 7.99. The molecule has 28 heavy (non-hydrogen) atoms. The summed E-state index contributed by atoms with van der Waals surface area (Å²) in [6.45, 7) is 2.72. The van der Waals surface area contributed by atoms with E-state index in [0.717, 1.165) is 11.4 Å². The molecule has 0 aliphatic carbocycles. The Morgan fingerprint density at radius 3 is 2.64 bits per heavy atom. The van der Waals surface area contributed by atoms with Gasteiger partial charge in [-0.05, 0) is 24.6 Å². The molecule has 0 unspecified atom stereocenters. The molecular formula is C19H21N5O3S. The van der Waals surface area contributed by atoms with Gasteiger partial charge in [0.1, 0.15) is 11.6 Å². The van der Waals surface area contributed by atoms with Gasteiger partial charge in [-0.15, -0.1) is 10.2 Å². The van der Waals surface area contributed by atoms with Crippen LogP contribution in [0.4, 0.5) is 0 Å². The van der Waals surface area contributed by atoms with E-state index in [1.807, 2.05) is 41.8 Å². The number of carbonyl (C=O) groups is 2. The maximum atomic E-state index is 12.0. The lowest BCUT2D eigenvalue weighted by atomic mass is 10.2. The van der Waals surface area contributed by atoms with Crippen LogP contribution in [0.3, 0.4) is 0 Å². The zero-order valence-electron chi connectivity index (χ0n) is 15.4. The molecule has 9 heteroatoms. The third kappa shape index (κ3) is 5.71.